The lowest BCUT2D eigenvalue weighted by atomic mass is 10.1. The molecule has 0 aliphatic heterocycles. The molecular formula is C16H19ClN2. The van der Waals surface area contributed by atoms with Crippen LogP contribution in [0.25, 0.3) is 0 Å². The average Bonchev–Trinajstić information content (AvgIpc) is 2.37. The van der Waals surface area contributed by atoms with Crippen LogP contribution in [-0.2, 0) is 13.1 Å². The number of nitrogens with zero attached hydrogens (tertiary/aromatic N) is 1. The van der Waals surface area contributed by atoms with Crippen LogP contribution in [0.5, 0.6) is 0 Å². The van der Waals surface area contributed by atoms with E-state index in [9.17, 15) is 0 Å². The molecule has 0 fully saturated rings. The van der Waals surface area contributed by atoms with Gasteiger partial charge in [-0.1, -0.05) is 41.9 Å². The second-order valence-corrected chi connectivity index (χ2v) is 5.36. The molecule has 0 heterocycles. The summed E-state index contributed by atoms with van der Waals surface area (Å²) in [4.78, 5) is 2.24. The predicted molar refractivity (Wildman–Crippen MR) is 82.2 cm³/mol. The Kier molecular flexibility index (Phi) is 4.46. The van der Waals surface area contributed by atoms with Crippen LogP contribution in [0.2, 0.25) is 5.02 Å². The van der Waals surface area contributed by atoms with Gasteiger partial charge in [0.05, 0.1) is 0 Å². The normalized spacial score (nSPS) is 10.9. The lowest BCUT2D eigenvalue weighted by Gasteiger charge is -2.18. The van der Waals surface area contributed by atoms with Gasteiger partial charge in [-0.25, -0.2) is 0 Å². The zero-order valence-electron chi connectivity index (χ0n) is 11.4. The third kappa shape index (κ3) is 3.72. The Hall–Kier alpha value is -1.51. The molecule has 2 nitrogen and oxygen atoms in total. The third-order valence-corrected chi connectivity index (χ3v) is 3.55. The Labute approximate surface area is 119 Å². The molecule has 3 heteroatoms. The smallest absolute Gasteiger partial charge is 0.0451 e. The van der Waals surface area contributed by atoms with Crippen molar-refractivity contribution in [2.24, 2.45) is 0 Å². The molecule has 0 unspecified atom stereocenters. The zero-order chi connectivity index (χ0) is 13.8. The van der Waals surface area contributed by atoms with Crippen LogP contribution in [0.4, 0.5) is 5.69 Å². The van der Waals surface area contributed by atoms with Gasteiger partial charge in [0.15, 0.2) is 0 Å². The van der Waals surface area contributed by atoms with Gasteiger partial charge in [-0.15, -0.1) is 0 Å². The van der Waals surface area contributed by atoms with Crippen LogP contribution in [0.1, 0.15) is 16.7 Å². The molecular weight excluding hydrogens is 256 g/mol. The molecule has 0 radical (unpaired) electrons. The summed E-state index contributed by atoms with van der Waals surface area (Å²) in [5.74, 6) is 0. The molecule has 2 aromatic carbocycles. The maximum Gasteiger partial charge on any atom is 0.0451 e. The predicted octanol–water partition coefficient (Wildman–Crippen LogP) is 3.86. The number of benzene rings is 2. The van der Waals surface area contributed by atoms with Crippen LogP contribution in [0.3, 0.4) is 0 Å². The molecule has 2 aromatic rings. The number of halogens is 1. The Morgan fingerprint density at radius 1 is 1.11 bits per heavy atom. The van der Waals surface area contributed by atoms with Crippen LogP contribution in [0, 0.1) is 6.92 Å². The third-order valence-electron chi connectivity index (χ3n) is 3.18. The van der Waals surface area contributed by atoms with Gasteiger partial charge in [-0.3, -0.25) is 4.90 Å². The van der Waals surface area contributed by atoms with Crippen molar-refractivity contribution in [3.63, 3.8) is 0 Å². The number of hydrogen-bond donors (Lipinski definition) is 1. The highest BCUT2D eigenvalue weighted by Crippen LogP contribution is 2.18. The summed E-state index contributed by atoms with van der Waals surface area (Å²) in [5, 5.41) is 0.822. The van der Waals surface area contributed by atoms with Crippen LogP contribution < -0.4 is 5.73 Å². The number of rotatable bonds is 4. The quantitative estimate of drug-likeness (QED) is 0.858. The minimum absolute atomic E-state index is 0.822. The van der Waals surface area contributed by atoms with Crippen molar-refractivity contribution in [3.05, 3.63) is 64.2 Å². The molecule has 0 atom stereocenters. The molecule has 100 valence electrons. The van der Waals surface area contributed by atoms with Crippen LogP contribution in [0.15, 0.2) is 42.5 Å². The van der Waals surface area contributed by atoms with Crippen molar-refractivity contribution >= 4 is 17.3 Å². The Bertz CT molecular complexity index is 566. The molecule has 0 amide bonds. The van der Waals surface area contributed by atoms with Crippen LogP contribution >= 0.6 is 11.6 Å². The maximum atomic E-state index is 6.17. The minimum atomic E-state index is 0.822. The second kappa shape index (κ2) is 6.09. The van der Waals surface area contributed by atoms with Crippen molar-refractivity contribution in [3.8, 4) is 0 Å². The molecule has 19 heavy (non-hydrogen) atoms. The lowest BCUT2D eigenvalue weighted by Crippen LogP contribution is -2.17. The lowest BCUT2D eigenvalue weighted by molar-refractivity contribution is 0.319. The van der Waals surface area contributed by atoms with Gasteiger partial charge in [-0.2, -0.15) is 0 Å². The SMILES string of the molecule is Cc1cc(CN(C)Cc2ccccc2Cl)ccc1N. The van der Waals surface area contributed by atoms with E-state index in [1.165, 1.54) is 5.56 Å². The first-order valence-corrected chi connectivity index (χ1v) is 6.71. The number of aryl methyl sites for hydroxylation is 1. The summed E-state index contributed by atoms with van der Waals surface area (Å²) in [6.07, 6.45) is 0. The van der Waals surface area contributed by atoms with E-state index < -0.39 is 0 Å². The van der Waals surface area contributed by atoms with E-state index in [0.717, 1.165) is 34.9 Å². The largest absolute Gasteiger partial charge is 0.399 e. The van der Waals surface area contributed by atoms with E-state index in [0.29, 0.717) is 0 Å². The van der Waals surface area contributed by atoms with E-state index in [1.54, 1.807) is 0 Å². The highest BCUT2D eigenvalue weighted by atomic mass is 35.5. The zero-order valence-corrected chi connectivity index (χ0v) is 12.1. The van der Waals surface area contributed by atoms with Gasteiger partial charge >= 0.3 is 0 Å². The summed E-state index contributed by atoms with van der Waals surface area (Å²) >= 11 is 6.17. The topological polar surface area (TPSA) is 29.3 Å². The highest BCUT2D eigenvalue weighted by molar-refractivity contribution is 6.31. The van der Waals surface area contributed by atoms with E-state index in [4.69, 9.17) is 17.3 Å². The van der Waals surface area contributed by atoms with Crippen molar-refractivity contribution in [2.45, 2.75) is 20.0 Å². The fourth-order valence-corrected chi connectivity index (χ4v) is 2.32. The fourth-order valence-electron chi connectivity index (χ4n) is 2.12. The Balaban J connectivity index is 2.03. The molecule has 0 saturated carbocycles. The first-order valence-electron chi connectivity index (χ1n) is 6.33. The minimum Gasteiger partial charge on any atom is -0.399 e. The molecule has 0 saturated heterocycles. The molecule has 0 aliphatic carbocycles. The van der Waals surface area contributed by atoms with Crippen molar-refractivity contribution in [1.29, 1.82) is 0 Å². The Morgan fingerprint density at radius 3 is 2.53 bits per heavy atom. The standard InChI is InChI=1S/C16H19ClN2/c1-12-9-13(7-8-16(12)18)10-19(2)11-14-5-3-4-6-15(14)17/h3-9H,10-11,18H2,1-2H3. The second-order valence-electron chi connectivity index (χ2n) is 4.95. The first kappa shape index (κ1) is 13.9. The summed E-state index contributed by atoms with van der Waals surface area (Å²) in [6, 6.07) is 14.1. The fraction of sp³-hybridized carbons (Fsp3) is 0.250. The van der Waals surface area contributed by atoms with E-state index in [-0.39, 0.29) is 0 Å². The number of anilines is 1. The highest BCUT2D eigenvalue weighted by Gasteiger charge is 2.05. The van der Waals surface area contributed by atoms with Gasteiger partial charge in [0.25, 0.3) is 0 Å². The van der Waals surface area contributed by atoms with E-state index in [2.05, 4.69) is 30.1 Å². The molecule has 0 bridgehead atoms. The number of nitrogen functional groups attached to an aromatic ring is 1. The van der Waals surface area contributed by atoms with Gasteiger partial charge in [-0.05, 0) is 42.8 Å². The molecule has 0 spiro atoms. The van der Waals surface area contributed by atoms with Crippen LogP contribution in [-0.4, -0.2) is 11.9 Å². The maximum absolute atomic E-state index is 6.17. The summed E-state index contributed by atoms with van der Waals surface area (Å²) in [5.41, 5.74) is 10.2. The van der Waals surface area contributed by atoms with E-state index in [1.807, 2.05) is 31.2 Å². The van der Waals surface area contributed by atoms with Crippen molar-refractivity contribution in [2.75, 3.05) is 12.8 Å². The average molecular weight is 275 g/mol. The van der Waals surface area contributed by atoms with Gasteiger partial charge in [0.1, 0.15) is 0 Å². The van der Waals surface area contributed by atoms with E-state index >= 15 is 0 Å². The van der Waals surface area contributed by atoms with Gasteiger partial charge in [0.2, 0.25) is 0 Å². The summed E-state index contributed by atoms with van der Waals surface area (Å²) < 4.78 is 0. The molecule has 2 N–H and O–H groups in total. The summed E-state index contributed by atoms with van der Waals surface area (Å²) in [6.45, 7) is 3.75. The molecule has 0 aliphatic rings. The molecule has 2 rings (SSSR count). The van der Waals surface area contributed by atoms with Gasteiger partial charge in [0, 0.05) is 23.8 Å². The monoisotopic (exact) mass is 274 g/mol. The van der Waals surface area contributed by atoms with Crippen molar-refractivity contribution in [1.82, 2.24) is 4.90 Å². The summed E-state index contributed by atoms with van der Waals surface area (Å²) in [7, 11) is 2.09. The molecule has 0 aromatic heterocycles. The van der Waals surface area contributed by atoms with Crippen molar-refractivity contribution < 1.29 is 0 Å². The number of hydrogen-bond acceptors (Lipinski definition) is 2. The Morgan fingerprint density at radius 2 is 1.84 bits per heavy atom. The van der Waals surface area contributed by atoms with Gasteiger partial charge < -0.3 is 5.73 Å². The number of nitrogens with two attached hydrogens (primary N) is 1. The first-order chi connectivity index (χ1) is 9.06.